The molecule has 8 aromatic rings. The van der Waals surface area contributed by atoms with Crippen molar-refractivity contribution >= 4 is 45.2 Å². The molecule has 1 aliphatic rings. The third-order valence-electron chi connectivity index (χ3n) is 9.84. The minimum Gasteiger partial charge on any atom is -0.434 e. The number of nitrogens with zero attached hydrogens (tertiary/aromatic N) is 3. The highest BCUT2D eigenvalue weighted by Crippen LogP contribution is 2.51. The number of rotatable bonds is 7. The van der Waals surface area contributed by atoms with Crippen molar-refractivity contribution in [2.75, 3.05) is 9.80 Å². The zero-order chi connectivity index (χ0) is 33.7. The van der Waals surface area contributed by atoms with Gasteiger partial charge in [-0.15, -0.1) is 0 Å². The Kier molecular flexibility index (Phi) is 7.10. The van der Waals surface area contributed by atoms with Gasteiger partial charge in [-0.25, -0.2) is 4.98 Å². The number of fused-ring (bicyclic) bond motifs is 4. The van der Waals surface area contributed by atoms with Crippen LogP contribution in [0.2, 0.25) is 0 Å². The molecule has 0 fully saturated rings. The molecule has 7 aromatic carbocycles. The molecule has 240 valence electrons. The lowest BCUT2D eigenvalue weighted by Crippen LogP contribution is -2.17. The molecule has 1 aromatic heterocycles. The summed E-state index contributed by atoms with van der Waals surface area (Å²) in [5, 5.41) is 0. The van der Waals surface area contributed by atoms with Gasteiger partial charge in [-0.1, -0.05) is 117 Å². The van der Waals surface area contributed by atoms with Crippen LogP contribution in [0.5, 0.6) is 0 Å². The molecule has 0 saturated carbocycles. The summed E-state index contributed by atoms with van der Waals surface area (Å²) in [6.45, 7) is 4.65. The van der Waals surface area contributed by atoms with Crippen molar-refractivity contribution in [1.29, 1.82) is 0 Å². The molecule has 0 N–H and O–H groups in total. The van der Waals surface area contributed by atoms with Crippen LogP contribution in [0.15, 0.2) is 180 Å². The molecule has 0 atom stereocenters. The molecule has 0 spiro atoms. The molecule has 9 rings (SSSR count). The SMILES string of the molecule is CC1(C)c2ccccc2-c2ccc(N(c3ccccc3)c3cc(N(c4ccccc4)c4ccccc4)cc4nc(-c5ccccc5)oc34)cc21. The second kappa shape index (κ2) is 11.9. The van der Waals surface area contributed by atoms with E-state index in [4.69, 9.17) is 9.40 Å². The number of hydrogen-bond acceptors (Lipinski definition) is 4. The van der Waals surface area contributed by atoms with Crippen molar-refractivity contribution in [2.45, 2.75) is 19.3 Å². The van der Waals surface area contributed by atoms with Crippen molar-refractivity contribution < 1.29 is 4.42 Å². The second-order valence-electron chi connectivity index (χ2n) is 13.3. The summed E-state index contributed by atoms with van der Waals surface area (Å²) in [7, 11) is 0. The lowest BCUT2D eigenvalue weighted by Gasteiger charge is -2.30. The number of aromatic nitrogens is 1. The van der Waals surface area contributed by atoms with Crippen LogP contribution in [0.25, 0.3) is 33.7 Å². The molecular weight excluding hydrogens is 611 g/mol. The molecule has 50 heavy (non-hydrogen) atoms. The van der Waals surface area contributed by atoms with Gasteiger partial charge in [0.25, 0.3) is 0 Å². The molecule has 0 unspecified atom stereocenters. The van der Waals surface area contributed by atoms with Crippen molar-refractivity contribution in [3.63, 3.8) is 0 Å². The van der Waals surface area contributed by atoms with E-state index in [9.17, 15) is 0 Å². The van der Waals surface area contributed by atoms with Crippen molar-refractivity contribution in [3.05, 3.63) is 187 Å². The Bertz CT molecular complexity index is 2410. The van der Waals surface area contributed by atoms with Gasteiger partial charge < -0.3 is 14.2 Å². The van der Waals surface area contributed by atoms with E-state index < -0.39 is 0 Å². The van der Waals surface area contributed by atoms with Crippen LogP contribution < -0.4 is 9.80 Å². The number of anilines is 6. The predicted molar refractivity (Wildman–Crippen MR) is 206 cm³/mol. The van der Waals surface area contributed by atoms with E-state index in [0.717, 1.165) is 50.8 Å². The fourth-order valence-electron chi connectivity index (χ4n) is 7.44. The molecule has 1 heterocycles. The van der Waals surface area contributed by atoms with E-state index in [-0.39, 0.29) is 5.41 Å². The Morgan fingerprint density at radius 1 is 0.460 bits per heavy atom. The maximum Gasteiger partial charge on any atom is 0.227 e. The Balaban J connectivity index is 1.32. The molecule has 4 heteroatoms. The highest BCUT2D eigenvalue weighted by Gasteiger charge is 2.36. The van der Waals surface area contributed by atoms with E-state index in [0.29, 0.717) is 5.89 Å². The Morgan fingerprint density at radius 3 is 1.64 bits per heavy atom. The molecule has 0 saturated heterocycles. The van der Waals surface area contributed by atoms with Gasteiger partial charge in [0.15, 0.2) is 5.58 Å². The Labute approximate surface area is 292 Å². The van der Waals surface area contributed by atoms with E-state index in [2.05, 4.69) is 169 Å². The lowest BCUT2D eigenvalue weighted by atomic mass is 9.82. The zero-order valence-electron chi connectivity index (χ0n) is 28.0. The first-order chi connectivity index (χ1) is 24.6. The quantitative estimate of drug-likeness (QED) is 0.173. The highest BCUT2D eigenvalue weighted by molar-refractivity contribution is 5.99. The van der Waals surface area contributed by atoms with Gasteiger partial charge in [0.1, 0.15) is 5.52 Å². The summed E-state index contributed by atoms with van der Waals surface area (Å²) in [6.07, 6.45) is 0. The van der Waals surface area contributed by atoms with Crippen LogP contribution in [0.1, 0.15) is 25.0 Å². The second-order valence-corrected chi connectivity index (χ2v) is 13.3. The first-order valence-corrected chi connectivity index (χ1v) is 17.1. The standard InChI is InChI=1S/C46H35N3O/c1-46(2)40-26-16-15-25-38(40)39-28-27-36(29-41(39)46)49(35-23-13-6-14-24-35)43-31-37(30-42-44(43)50-45(47-42)32-17-7-3-8-18-32)48(33-19-9-4-10-20-33)34-21-11-5-12-22-34/h3-31H,1-2H3. The number of benzene rings is 7. The average Bonchev–Trinajstić information content (AvgIpc) is 3.70. The summed E-state index contributed by atoms with van der Waals surface area (Å²) in [4.78, 5) is 9.73. The maximum absolute atomic E-state index is 6.77. The molecule has 0 amide bonds. The maximum atomic E-state index is 6.77. The van der Waals surface area contributed by atoms with Gasteiger partial charge in [0, 0.05) is 33.7 Å². The number of oxazole rings is 1. The van der Waals surface area contributed by atoms with E-state index in [1.54, 1.807) is 0 Å². The van der Waals surface area contributed by atoms with Gasteiger partial charge in [0.05, 0.1) is 11.4 Å². The predicted octanol–water partition coefficient (Wildman–Crippen LogP) is 12.7. The third-order valence-corrected chi connectivity index (χ3v) is 9.84. The molecule has 1 aliphatic carbocycles. The average molecular weight is 646 g/mol. The van der Waals surface area contributed by atoms with Crippen LogP contribution >= 0.6 is 0 Å². The van der Waals surface area contributed by atoms with Crippen molar-refractivity contribution in [3.8, 4) is 22.6 Å². The normalized spacial score (nSPS) is 12.8. The largest absolute Gasteiger partial charge is 0.434 e. The van der Waals surface area contributed by atoms with Gasteiger partial charge in [0.2, 0.25) is 5.89 Å². The van der Waals surface area contributed by atoms with Crippen LogP contribution in [0, 0.1) is 0 Å². The molecular formula is C46H35N3O. The highest BCUT2D eigenvalue weighted by atomic mass is 16.3. The first kappa shape index (κ1) is 29.7. The van der Waals surface area contributed by atoms with E-state index in [1.807, 2.05) is 30.3 Å². The number of hydrogen-bond donors (Lipinski definition) is 0. The topological polar surface area (TPSA) is 32.5 Å². The van der Waals surface area contributed by atoms with Gasteiger partial charge >= 0.3 is 0 Å². The van der Waals surface area contributed by atoms with Crippen molar-refractivity contribution in [2.24, 2.45) is 0 Å². The molecule has 0 bridgehead atoms. The Morgan fingerprint density at radius 2 is 1.00 bits per heavy atom. The summed E-state index contributed by atoms with van der Waals surface area (Å²) >= 11 is 0. The summed E-state index contributed by atoms with van der Waals surface area (Å²) in [5.41, 5.74) is 13.6. The van der Waals surface area contributed by atoms with Crippen LogP contribution in [-0.4, -0.2) is 4.98 Å². The minimum atomic E-state index is -0.147. The fourth-order valence-corrected chi connectivity index (χ4v) is 7.44. The smallest absolute Gasteiger partial charge is 0.227 e. The molecule has 4 nitrogen and oxygen atoms in total. The van der Waals surface area contributed by atoms with Crippen molar-refractivity contribution in [1.82, 2.24) is 4.98 Å². The zero-order valence-corrected chi connectivity index (χ0v) is 28.0. The summed E-state index contributed by atoms with van der Waals surface area (Å²) < 4.78 is 6.77. The summed E-state index contributed by atoms with van der Waals surface area (Å²) in [6, 6.07) is 61.7. The van der Waals surface area contributed by atoms with Crippen LogP contribution in [0.4, 0.5) is 34.1 Å². The monoisotopic (exact) mass is 645 g/mol. The lowest BCUT2D eigenvalue weighted by molar-refractivity contribution is 0.620. The number of para-hydroxylation sites is 3. The van der Waals surface area contributed by atoms with Gasteiger partial charge in [-0.2, -0.15) is 0 Å². The third kappa shape index (κ3) is 4.96. The molecule has 0 aliphatic heterocycles. The van der Waals surface area contributed by atoms with E-state index >= 15 is 0 Å². The van der Waals surface area contributed by atoms with E-state index in [1.165, 1.54) is 22.3 Å². The first-order valence-electron chi connectivity index (χ1n) is 17.1. The minimum absolute atomic E-state index is 0.147. The van der Waals surface area contributed by atoms with Crippen LogP contribution in [0.3, 0.4) is 0 Å². The summed E-state index contributed by atoms with van der Waals surface area (Å²) in [5.74, 6) is 0.587. The molecule has 0 radical (unpaired) electrons. The Hall–Kier alpha value is -6.39. The van der Waals surface area contributed by atoms with Gasteiger partial charge in [-0.3, -0.25) is 0 Å². The van der Waals surface area contributed by atoms with Crippen LogP contribution in [-0.2, 0) is 5.41 Å². The van der Waals surface area contributed by atoms with Gasteiger partial charge in [-0.05, 0) is 95.1 Å². The fraction of sp³-hybridized carbons (Fsp3) is 0.0652.